The van der Waals surface area contributed by atoms with Gasteiger partial charge < -0.3 is 14.3 Å². The highest BCUT2D eigenvalue weighted by atomic mass is 16.7. The van der Waals surface area contributed by atoms with Crippen LogP contribution in [0.15, 0.2) is 17.5 Å². The van der Waals surface area contributed by atoms with Crippen molar-refractivity contribution in [2.24, 2.45) is 11.1 Å². The van der Waals surface area contributed by atoms with Gasteiger partial charge in [-0.25, -0.2) is 4.79 Å². The Labute approximate surface area is 104 Å². The van der Waals surface area contributed by atoms with Crippen molar-refractivity contribution in [1.29, 1.82) is 0 Å². The summed E-state index contributed by atoms with van der Waals surface area (Å²) in [5.41, 5.74) is 6.77. The van der Waals surface area contributed by atoms with Crippen LogP contribution in [0.25, 0.3) is 0 Å². The van der Waals surface area contributed by atoms with E-state index < -0.39 is 12.6 Å². The third kappa shape index (κ3) is 3.70. The van der Waals surface area contributed by atoms with E-state index in [1.807, 2.05) is 0 Å². The van der Waals surface area contributed by atoms with Crippen LogP contribution >= 0.6 is 0 Å². The highest BCUT2D eigenvalue weighted by molar-refractivity contribution is 5.74. The monoisotopic (exact) mass is 254 g/mol. The van der Waals surface area contributed by atoms with Gasteiger partial charge in [-0.3, -0.25) is 5.73 Å². The van der Waals surface area contributed by atoms with Crippen molar-refractivity contribution in [2.45, 2.75) is 13.8 Å². The molecule has 1 aromatic carbocycles. The number of nitrogens with two attached hydrogens (primary N) is 1. The lowest BCUT2D eigenvalue weighted by molar-refractivity contribution is -0.139. The van der Waals surface area contributed by atoms with Crippen molar-refractivity contribution in [3.8, 4) is 11.5 Å². The van der Waals surface area contributed by atoms with Gasteiger partial charge in [-0.15, -0.1) is 4.91 Å². The van der Waals surface area contributed by atoms with E-state index in [1.165, 1.54) is 0 Å². The van der Waals surface area contributed by atoms with Crippen LogP contribution in [-0.2, 0) is 9.63 Å². The number of benzene rings is 1. The molecule has 0 unspecified atom stereocenters. The molecule has 98 valence electrons. The van der Waals surface area contributed by atoms with E-state index >= 15 is 0 Å². The zero-order valence-corrected chi connectivity index (χ0v) is 10.1. The van der Waals surface area contributed by atoms with Crippen LogP contribution in [-0.4, -0.2) is 19.3 Å². The Balaban J connectivity index is 2.80. The number of ether oxygens (including phenoxy) is 2. The average molecular weight is 254 g/mol. The first-order chi connectivity index (χ1) is 8.58. The Morgan fingerprint density at radius 1 is 1.28 bits per heavy atom. The average Bonchev–Trinajstić information content (AvgIpc) is 2.33. The van der Waals surface area contributed by atoms with Crippen molar-refractivity contribution in [1.82, 2.24) is 0 Å². The molecule has 7 nitrogen and oxygen atoms in total. The number of hydrogen-bond donors (Lipinski definition) is 1. The van der Waals surface area contributed by atoms with Gasteiger partial charge in [0.25, 0.3) is 0 Å². The maximum absolute atomic E-state index is 11.2. The third-order valence-corrected chi connectivity index (χ3v) is 2.17. The summed E-state index contributed by atoms with van der Waals surface area (Å²) < 4.78 is 10.2. The van der Waals surface area contributed by atoms with Crippen LogP contribution in [0.1, 0.15) is 11.1 Å². The molecule has 0 aliphatic heterocycles. The van der Waals surface area contributed by atoms with Gasteiger partial charge in [0.2, 0.25) is 6.61 Å². The number of rotatable bonds is 6. The molecular formula is C11H14N2O5. The fraction of sp³-hybridized carbons (Fsp3) is 0.364. The van der Waals surface area contributed by atoms with E-state index in [0.717, 1.165) is 5.56 Å². The summed E-state index contributed by atoms with van der Waals surface area (Å²) in [4.78, 5) is 25.0. The van der Waals surface area contributed by atoms with E-state index in [0.29, 0.717) is 17.1 Å². The second-order valence-electron chi connectivity index (χ2n) is 3.52. The number of hydrogen-bond acceptors (Lipinski definition) is 7. The smallest absolute Gasteiger partial charge is 0.352 e. The Hall–Kier alpha value is -2.15. The lowest BCUT2D eigenvalue weighted by Gasteiger charge is -2.12. The topological polar surface area (TPSA) is 100 Å². The Bertz CT molecular complexity index is 447. The highest BCUT2D eigenvalue weighted by Crippen LogP contribution is 2.27. The molecule has 18 heavy (non-hydrogen) atoms. The molecule has 0 bridgehead atoms. The van der Waals surface area contributed by atoms with Gasteiger partial charge in [0.15, 0.2) is 5.34 Å². The Morgan fingerprint density at radius 2 is 1.89 bits per heavy atom. The van der Waals surface area contributed by atoms with Crippen LogP contribution in [0.4, 0.5) is 0 Å². The maximum Gasteiger partial charge on any atom is 0.352 e. The molecule has 0 atom stereocenters. The van der Waals surface area contributed by atoms with Gasteiger partial charge in [-0.2, -0.15) is 0 Å². The summed E-state index contributed by atoms with van der Waals surface area (Å²) in [7, 11) is 0. The molecule has 1 rings (SSSR count). The molecule has 0 aliphatic rings. The van der Waals surface area contributed by atoms with Crippen LogP contribution in [0.3, 0.4) is 0 Å². The third-order valence-electron chi connectivity index (χ3n) is 2.17. The molecule has 1 aromatic rings. The zero-order chi connectivity index (χ0) is 13.5. The highest BCUT2D eigenvalue weighted by Gasteiger charge is 2.11. The molecule has 0 saturated heterocycles. The van der Waals surface area contributed by atoms with E-state index in [1.54, 1.807) is 26.0 Å². The minimum Gasteiger partial charge on any atom is -0.478 e. The fourth-order valence-electron chi connectivity index (χ4n) is 1.35. The number of esters is 1. The van der Waals surface area contributed by atoms with Gasteiger partial charge >= 0.3 is 5.97 Å². The Kier molecular flexibility index (Phi) is 5.06. The summed E-state index contributed by atoms with van der Waals surface area (Å²) in [6, 6.07) is 3.36. The summed E-state index contributed by atoms with van der Waals surface area (Å²) in [5, 5.41) is 2.11. The normalized spacial score (nSPS) is 9.72. The molecule has 0 fully saturated rings. The van der Waals surface area contributed by atoms with Crippen LogP contribution in [0.2, 0.25) is 0 Å². The molecule has 0 heterocycles. The number of carbonyl (C=O) groups is 1. The molecule has 0 aromatic heterocycles. The van der Waals surface area contributed by atoms with E-state index in [9.17, 15) is 9.70 Å². The molecule has 7 heteroatoms. The molecule has 0 amide bonds. The van der Waals surface area contributed by atoms with Crippen LogP contribution in [0.5, 0.6) is 11.5 Å². The van der Waals surface area contributed by atoms with Crippen molar-refractivity contribution in [2.75, 3.05) is 13.3 Å². The summed E-state index contributed by atoms with van der Waals surface area (Å²) in [6.07, 6.45) is 0. The quantitative estimate of drug-likeness (QED) is 0.269. The van der Waals surface area contributed by atoms with Gasteiger partial charge in [0, 0.05) is 0 Å². The van der Waals surface area contributed by atoms with Crippen LogP contribution < -0.4 is 15.2 Å². The first-order valence-corrected chi connectivity index (χ1v) is 5.18. The van der Waals surface area contributed by atoms with E-state index in [4.69, 9.17) is 15.2 Å². The minimum atomic E-state index is -0.704. The first-order valence-electron chi connectivity index (χ1n) is 5.18. The van der Waals surface area contributed by atoms with Crippen molar-refractivity contribution >= 4 is 5.97 Å². The van der Waals surface area contributed by atoms with Crippen LogP contribution in [0, 0.1) is 18.8 Å². The maximum atomic E-state index is 11.2. The van der Waals surface area contributed by atoms with Crippen molar-refractivity contribution < 1.29 is 19.1 Å². The lowest BCUT2D eigenvalue weighted by Crippen LogP contribution is -2.15. The standard InChI is InChI=1S/C11H14N2O5/c1-7-4-10(18-11(14)5-17-13-15)8(2)3-9(7)16-6-12/h3-4H,5-6,12H2,1-2H3. The Morgan fingerprint density at radius 3 is 2.50 bits per heavy atom. The molecular weight excluding hydrogens is 240 g/mol. The first kappa shape index (κ1) is 13.9. The molecule has 2 N–H and O–H groups in total. The predicted molar refractivity (Wildman–Crippen MR) is 63.0 cm³/mol. The summed E-state index contributed by atoms with van der Waals surface area (Å²) >= 11 is 0. The SMILES string of the molecule is Cc1cc(OC(=O)CON=O)c(C)cc1OCN. The fourth-order valence-corrected chi connectivity index (χ4v) is 1.35. The van der Waals surface area contributed by atoms with Crippen molar-refractivity contribution in [3.63, 3.8) is 0 Å². The van der Waals surface area contributed by atoms with Gasteiger partial charge in [-0.1, -0.05) is 0 Å². The number of nitrogens with zero attached hydrogens (tertiary/aromatic N) is 1. The summed E-state index contributed by atoms with van der Waals surface area (Å²) in [6.45, 7) is 3.09. The molecule has 0 radical (unpaired) electrons. The van der Waals surface area contributed by atoms with Gasteiger partial charge in [0.05, 0.1) is 0 Å². The van der Waals surface area contributed by atoms with Gasteiger partial charge in [-0.05, 0) is 37.1 Å². The molecule has 0 saturated carbocycles. The second kappa shape index (κ2) is 6.55. The minimum absolute atomic E-state index is 0.0677. The molecule has 0 aliphatic carbocycles. The zero-order valence-electron chi connectivity index (χ0n) is 10.1. The van der Waals surface area contributed by atoms with Gasteiger partial charge in [0.1, 0.15) is 18.2 Å². The largest absolute Gasteiger partial charge is 0.478 e. The predicted octanol–water partition coefficient (Wildman–Crippen LogP) is 1.20. The second-order valence-corrected chi connectivity index (χ2v) is 3.52. The summed E-state index contributed by atoms with van der Waals surface area (Å²) in [5.74, 6) is 0.293. The molecule has 0 spiro atoms. The van der Waals surface area contributed by atoms with E-state index in [2.05, 4.69) is 10.2 Å². The van der Waals surface area contributed by atoms with Crippen molar-refractivity contribution in [3.05, 3.63) is 28.2 Å². The number of carbonyl (C=O) groups excluding carboxylic acids is 1. The lowest BCUT2D eigenvalue weighted by atomic mass is 10.1. The van der Waals surface area contributed by atoms with E-state index in [-0.39, 0.29) is 6.73 Å². The number of aryl methyl sites for hydroxylation is 2.